The van der Waals surface area contributed by atoms with Gasteiger partial charge in [0, 0.05) is 30.9 Å². The second kappa shape index (κ2) is 13.2. The standard InChI is InChI=1S/C44H46N/c1-6-17-32(18-7-2)37-28-38(33-19-12-11-13-20-33)30-39(29-37)35-22-16-21-34(27-35)36-24-25-40-41(31-36)43-23-14-15-26-45(43)44(9-4,10-5)42(40)8-3/h6,11-31,42H,7-10H2,1-5H3/q+1. The van der Waals surface area contributed by atoms with Gasteiger partial charge in [-0.1, -0.05) is 107 Å². The molecule has 5 aromatic rings. The van der Waals surface area contributed by atoms with Crippen LogP contribution in [0, 0.1) is 0 Å². The third kappa shape index (κ3) is 5.61. The molecule has 2 heterocycles. The van der Waals surface area contributed by atoms with E-state index in [9.17, 15) is 0 Å². The maximum Gasteiger partial charge on any atom is 0.213 e. The van der Waals surface area contributed by atoms with E-state index in [0.717, 1.165) is 25.7 Å². The molecule has 0 saturated heterocycles. The predicted molar refractivity (Wildman–Crippen MR) is 193 cm³/mol. The Labute approximate surface area is 270 Å². The number of fused-ring (bicyclic) bond motifs is 3. The quantitative estimate of drug-likeness (QED) is 0.119. The first kappa shape index (κ1) is 30.5. The number of hydrogen-bond acceptors (Lipinski definition) is 0. The van der Waals surface area contributed by atoms with Gasteiger partial charge >= 0.3 is 0 Å². The van der Waals surface area contributed by atoms with Crippen molar-refractivity contribution < 1.29 is 4.57 Å². The second-order valence-electron chi connectivity index (χ2n) is 12.3. The highest BCUT2D eigenvalue weighted by Crippen LogP contribution is 2.47. The molecule has 1 atom stereocenters. The van der Waals surface area contributed by atoms with Crippen molar-refractivity contribution in [3.63, 3.8) is 0 Å². The fourth-order valence-electron chi connectivity index (χ4n) is 7.77. The highest BCUT2D eigenvalue weighted by atomic mass is 15.1. The Balaban J connectivity index is 1.48. The van der Waals surface area contributed by atoms with Gasteiger partial charge in [-0.25, -0.2) is 0 Å². The van der Waals surface area contributed by atoms with Crippen molar-refractivity contribution >= 4 is 5.57 Å². The summed E-state index contributed by atoms with van der Waals surface area (Å²) in [4.78, 5) is 0. The Kier molecular flexibility index (Phi) is 8.99. The second-order valence-corrected chi connectivity index (χ2v) is 12.3. The smallest absolute Gasteiger partial charge is 0.192 e. The van der Waals surface area contributed by atoms with Crippen LogP contribution in [0.3, 0.4) is 0 Å². The average molecular weight is 589 g/mol. The summed E-state index contributed by atoms with van der Waals surface area (Å²) < 4.78 is 2.59. The lowest BCUT2D eigenvalue weighted by molar-refractivity contribution is -0.762. The number of pyridine rings is 1. The predicted octanol–water partition coefficient (Wildman–Crippen LogP) is 12.0. The molecule has 1 heteroatoms. The third-order valence-electron chi connectivity index (χ3n) is 10.00. The minimum Gasteiger partial charge on any atom is -0.192 e. The molecule has 1 aromatic heterocycles. The minimum atomic E-state index is 0.110. The molecular formula is C44H46N+. The fourth-order valence-corrected chi connectivity index (χ4v) is 7.77. The van der Waals surface area contributed by atoms with Crippen molar-refractivity contribution in [2.75, 3.05) is 0 Å². The van der Waals surface area contributed by atoms with Gasteiger partial charge in [0.2, 0.25) is 5.69 Å². The molecule has 0 N–H and O–H groups in total. The Hall–Kier alpha value is -4.49. The highest BCUT2D eigenvalue weighted by Gasteiger charge is 2.50. The van der Waals surface area contributed by atoms with Crippen molar-refractivity contribution in [1.29, 1.82) is 0 Å². The van der Waals surface area contributed by atoms with Crippen LogP contribution < -0.4 is 4.57 Å². The molecule has 0 amide bonds. The fraction of sp³-hybridized carbons (Fsp3) is 0.250. The van der Waals surface area contributed by atoms with E-state index in [0.29, 0.717) is 5.92 Å². The van der Waals surface area contributed by atoms with Crippen LogP contribution in [0.5, 0.6) is 0 Å². The summed E-state index contributed by atoms with van der Waals surface area (Å²) in [5.74, 6) is 0.490. The monoisotopic (exact) mass is 588 g/mol. The summed E-state index contributed by atoms with van der Waals surface area (Å²) in [6.07, 6.45) is 13.4. The molecule has 6 rings (SSSR count). The van der Waals surface area contributed by atoms with Crippen LogP contribution in [0.25, 0.3) is 50.2 Å². The van der Waals surface area contributed by atoms with Gasteiger partial charge in [0.25, 0.3) is 0 Å². The molecule has 1 unspecified atom stereocenters. The van der Waals surface area contributed by atoms with Crippen LogP contribution in [0.15, 0.2) is 134 Å². The zero-order chi connectivity index (χ0) is 31.4. The van der Waals surface area contributed by atoms with Gasteiger partial charge in [0.1, 0.15) is 0 Å². The first-order valence-corrected chi connectivity index (χ1v) is 16.9. The van der Waals surface area contributed by atoms with Crippen LogP contribution in [-0.2, 0) is 5.54 Å². The molecule has 0 fully saturated rings. The molecule has 0 aliphatic carbocycles. The van der Waals surface area contributed by atoms with Crippen molar-refractivity contribution in [2.24, 2.45) is 0 Å². The van der Waals surface area contributed by atoms with Crippen molar-refractivity contribution in [3.05, 3.63) is 145 Å². The number of rotatable bonds is 9. The lowest BCUT2D eigenvalue weighted by atomic mass is 9.69. The molecule has 1 aliphatic heterocycles. The molecule has 1 nitrogen and oxygen atoms in total. The lowest BCUT2D eigenvalue weighted by Crippen LogP contribution is -2.62. The SMILES string of the molecule is CC=CC(=CCC)c1cc(-c2ccccc2)cc(-c2cccc(-c3ccc4c(c3)-c3cccc[n+]3C(CC)(CC)C4CC)c2)c1. The van der Waals surface area contributed by atoms with Crippen molar-refractivity contribution in [1.82, 2.24) is 0 Å². The summed E-state index contributed by atoms with van der Waals surface area (Å²) in [5, 5.41) is 0. The zero-order valence-corrected chi connectivity index (χ0v) is 27.6. The van der Waals surface area contributed by atoms with E-state index in [4.69, 9.17) is 0 Å². The normalized spacial score (nSPS) is 15.6. The number of benzene rings is 4. The molecule has 45 heavy (non-hydrogen) atoms. The van der Waals surface area contributed by atoms with Crippen LogP contribution >= 0.6 is 0 Å². The molecule has 0 saturated carbocycles. The van der Waals surface area contributed by atoms with Crippen molar-refractivity contribution in [2.45, 2.75) is 71.8 Å². The van der Waals surface area contributed by atoms with Gasteiger partial charge in [-0.2, -0.15) is 4.57 Å². The molecule has 1 aliphatic rings. The van der Waals surface area contributed by atoms with Crippen LogP contribution in [0.4, 0.5) is 0 Å². The topological polar surface area (TPSA) is 3.88 Å². The summed E-state index contributed by atoms with van der Waals surface area (Å²) in [5.41, 5.74) is 14.3. The van der Waals surface area contributed by atoms with Gasteiger partial charge in [-0.05, 0) is 106 Å². The van der Waals surface area contributed by atoms with E-state index >= 15 is 0 Å². The molecular weight excluding hydrogens is 542 g/mol. The Bertz CT molecular complexity index is 1850. The van der Waals surface area contributed by atoms with E-state index in [-0.39, 0.29) is 5.54 Å². The maximum atomic E-state index is 2.59. The number of hydrogen-bond donors (Lipinski definition) is 0. The Morgan fingerprint density at radius 3 is 2.00 bits per heavy atom. The van der Waals surface area contributed by atoms with Gasteiger partial charge in [0.05, 0.1) is 5.56 Å². The molecule has 4 aromatic carbocycles. The Morgan fingerprint density at radius 1 is 0.667 bits per heavy atom. The number of nitrogens with zero attached hydrogens (tertiary/aromatic N) is 1. The van der Waals surface area contributed by atoms with Gasteiger partial charge < -0.3 is 0 Å². The summed E-state index contributed by atoms with van der Waals surface area (Å²) in [7, 11) is 0. The molecule has 226 valence electrons. The minimum absolute atomic E-state index is 0.110. The first-order chi connectivity index (χ1) is 22.1. The maximum absolute atomic E-state index is 2.59. The summed E-state index contributed by atoms with van der Waals surface area (Å²) >= 11 is 0. The number of aromatic nitrogens is 1. The third-order valence-corrected chi connectivity index (χ3v) is 10.00. The van der Waals surface area contributed by atoms with E-state index in [1.807, 2.05) is 0 Å². The first-order valence-electron chi connectivity index (χ1n) is 16.9. The summed E-state index contributed by atoms with van der Waals surface area (Å²) in [6, 6.07) is 40.8. The average Bonchev–Trinajstić information content (AvgIpc) is 3.11. The van der Waals surface area contributed by atoms with Crippen LogP contribution in [0.1, 0.15) is 77.3 Å². The van der Waals surface area contributed by atoms with Crippen molar-refractivity contribution in [3.8, 4) is 44.6 Å². The molecule has 0 bridgehead atoms. The van der Waals surface area contributed by atoms with E-state index < -0.39 is 0 Å². The molecule has 0 spiro atoms. The largest absolute Gasteiger partial charge is 0.213 e. The van der Waals surface area contributed by atoms with Gasteiger partial charge in [-0.3, -0.25) is 0 Å². The highest BCUT2D eigenvalue weighted by molar-refractivity contribution is 5.84. The van der Waals surface area contributed by atoms with Gasteiger partial charge in [0.15, 0.2) is 11.7 Å². The molecule has 0 radical (unpaired) electrons. The van der Waals surface area contributed by atoms with E-state index in [1.165, 1.54) is 61.3 Å². The lowest BCUT2D eigenvalue weighted by Gasteiger charge is -2.39. The van der Waals surface area contributed by atoms with E-state index in [2.05, 4.69) is 173 Å². The Morgan fingerprint density at radius 2 is 1.31 bits per heavy atom. The summed E-state index contributed by atoms with van der Waals surface area (Å²) in [6.45, 7) is 11.4. The number of allylic oxidation sites excluding steroid dienone is 4. The zero-order valence-electron chi connectivity index (χ0n) is 27.6. The van der Waals surface area contributed by atoms with Gasteiger partial charge in [-0.15, -0.1) is 0 Å². The van der Waals surface area contributed by atoms with Crippen LogP contribution in [-0.4, -0.2) is 0 Å². The van der Waals surface area contributed by atoms with Crippen LogP contribution in [0.2, 0.25) is 0 Å². The van der Waals surface area contributed by atoms with E-state index in [1.54, 1.807) is 0 Å².